The van der Waals surface area contributed by atoms with Crippen LogP contribution in [0.2, 0.25) is 0 Å². The van der Waals surface area contributed by atoms with Crippen LogP contribution in [0.5, 0.6) is 0 Å². The van der Waals surface area contributed by atoms with Gasteiger partial charge in [0.15, 0.2) is 0 Å². The summed E-state index contributed by atoms with van der Waals surface area (Å²) in [6, 6.07) is 6.19. The van der Waals surface area contributed by atoms with Gasteiger partial charge in [0.25, 0.3) is 0 Å². The number of fused-ring (bicyclic) bond motifs is 1. The van der Waals surface area contributed by atoms with Crippen LogP contribution in [-0.4, -0.2) is 22.8 Å². The largest absolute Gasteiger partial charge is 0.381 e. The maximum Gasteiger partial charge on any atom is 0.124 e. The normalized spacial score (nSPS) is 18.6. The fourth-order valence-electron chi connectivity index (χ4n) is 2.83. The highest BCUT2D eigenvalue weighted by atomic mass is 79.9. The number of aromatic nitrogens is 2. The molecule has 0 spiro atoms. The summed E-state index contributed by atoms with van der Waals surface area (Å²) in [6.07, 6.45) is 2.17. The molecule has 0 unspecified atom stereocenters. The van der Waals surface area contributed by atoms with Gasteiger partial charge in [0.2, 0.25) is 0 Å². The first-order chi connectivity index (χ1) is 9.61. The van der Waals surface area contributed by atoms with Gasteiger partial charge in [0.05, 0.1) is 16.9 Å². The van der Waals surface area contributed by atoms with Crippen molar-refractivity contribution in [3.05, 3.63) is 28.5 Å². The molecule has 0 aliphatic carbocycles. The van der Waals surface area contributed by atoms with Crippen LogP contribution in [0.1, 0.15) is 25.6 Å². The molecule has 1 aromatic carbocycles. The van der Waals surface area contributed by atoms with Crippen LogP contribution in [0.15, 0.2) is 22.7 Å². The molecule has 5 heteroatoms. The van der Waals surface area contributed by atoms with Crippen molar-refractivity contribution < 1.29 is 4.74 Å². The van der Waals surface area contributed by atoms with Crippen molar-refractivity contribution in [1.29, 1.82) is 0 Å². The first-order valence-corrected chi connectivity index (χ1v) is 8.22. The molecule has 1 saturated heterocycles. The minimum absolute atomic E-state index is 0.259. The summed E-state index contributed by atoms with van der Waals surface area (Å²) in [4.78, 5) is 4.65. The second-order valence-corrected chi connectivity index (χ2v) is 6.99. The smallest absolute Gasteiger partial charge is 0.124 e. The van der Waals surface area contributed by atoms with Crippen molar-refractivity contribution in [2.24, 2.45) is 5.41 Å². The first kappa shape index (κ1) is 14.4. The predicted molar refractivity (Wildman–Crippen MR) is 85.2 cm³/mol. The van der Waals surface area contributed by atoms with Gasteiger partial charge in [-0.15, -0.1) is 11.6 Å². The summed E-state index contributed by atoms with van der Waals surface area (Å²) < 4.78 is 8.84. The number of alkyl halides is 1. The van der Waals surface area contributed by atoms with Crippen molar-refractivity contribution in [2.75, 3.05) is 13.2 Å². The van der Waals surface area contributed by atoms with Crippen LogP contribution in [-0.2, 0) is 17.2 Å². The zero-order valence-electron chi connectivity index (χ0n) is 11.5. The Bertz CT molecular complexity index is 620. The van der Waals surface area contributed by atoms with E-state index in [0.29, 0.717) is 5.88 Å². The van der Waals surface area contributed by atoms with Crippen molar-refractivity contribution >= 4 is 38.6 Å². The van der Waals surface area contributed by atoms with Crippen LogP contribution in [0.4, 0.5) is 0 Å². The molecule has 108 valence electrons. The number of hydrogen-bond acceptors (Lipinski definition) is 2. The lowest BCUT2D eigenvalue weighted by Gasteiger charge is -2.34. The molecule has 1 fully saturated rings. The maximum absolute atomic E-state index is 6.09. The molecule has 0 bridgehead atoms. The van der Waals surface area contributed by atoms with Crippen molar-refractivity contribution in [1.82, 2.24) is 9.55 Å². The predicted octanol–water partition coefficient (Wildman–Crippen LogP) is 4.35. The zero-order valence-corrected chi connectivity index (χ0v) is 13.9. The maximum atomic E-state index is 6.09. The third-order valence-electron chi connectivity index (χ3n) is 4.15. The van der Waals surface area contributed by atoms with Crippen molar-refractivity contribution in [3.63, 3.8) is 0 Å². The molecule has 0 N–H and O–H groups in total. The van der Waals surface area contributed by atoms with Crippen LogP contribution in [0.25, 0.3) is 11.0 Å². The lowest BCUT2D eigenvalue weighted by atomic mass is 9.82. The van der Waals surface area contributed by atoms with Gasteiger partial charge in [-0.05, 0) is 36.5 Å². The summed E-state index contributed by atoms with van der Waals surface area (Å²) in [5.41, 5.74) is 2.43. The molecule has 3 rings (SSSR count). The van der Waals surface area contributed by atoms with Gasteiger partial charge in [-0.2, -0.15) is 0 Å². The van der Waals surface area contributed by atoms with Gasteiger partial charge < -0.3 is 9.30 Å². The molecule has 0 amide bonds. The van der Waals surface area contributed by atoms with E-state index in [1.807, 2.05) is 12.1 Å². The van der Waals surface area contributed by atoms with E-state index in [0.717, 1.165) is 53.9 Å². The van der Waals surface area contributed by atoms with E-state index in [4.69, 9.17) is 16.3 Å². The Hall–Kier alpha value is -0.580. The molecule has 1 aliphatic heterocycles. The van der Waals surface area contributed by atoms with Gasteiger partial charge in [-0.3, -0.25) is 0 Å². The Morgan fingerprint density at radius 3 is 2.85 bits per heavy atom. The Morgan fingerprint density at radius 1 is 1.40 bits per heavy atom. The number of imidazole rings is 1. The van der Waals surface area contributed by atoms with Crippen LogP contribution >= 0.6 is 27.5 Å². The SMILES string of the molecule is CC1(Cn2c(CCl)nc3ccc(Br)cc32)CCOCC1. The molecule has 1 aliphatic rings. The molecule has 0 atom stereocenters. The number of ether oxygens (including phenoxy) is 1. The van der Waals surface area contributed by atoms with Crippen molar-refractivity contribution in [2.45, 2.75) is 32.2 Å². The van der Waals surface area contributed by atoms with Crippen LogP contribution in [0.3, 0.4) is 0 Å². The van der Waals surface area contributed by atoms with E-state index in [1.165, 1.54) is 0 Å². The Morgan fingerprint density at radius 2 is 2.15 bits per heavy atom. The van der Waals surface area contributed by atoms with Gasteiger partial charge in [0.1, 0.15) is 5.82 Å². The van der Waals surface area contributed by atoms with E-state index in [-0.39, 0.29) is 5.41 Å². The number of hydrogen-bond donors (Lipinski definition) is 0. The monoisotopic (exact) mass is 356 g/mol. The van der Waals surface area contributed by atoms with Crippen molar-refractivity contribution in [3.8, 4) is 0 Å². The molecule has 2 heterocycles. The number of rotatable bonds is 3. The minimum atomic E-state index is 0.259. The molecule has 3 nitrogen and oxygen atoms in total. The fraction of sp³-hybridized carbons (Fsp3) is 0.533. The van der Waals surface area contributed by atoms with Gasteiger partial charge >= 0.3 is 0 Å². The third kappa shape index (κ3) is 2.74. The Balaban J connectivity index is 2.02. The number of nitrogens with zero attached hydrogens (tertiary/aromatic N) is 2. The summed E-state index contributed by atoms with van der Waals surface area (Å²) >= 11 is 9.63. The number of halogens is 2. The van der Waals surface area contributed by atoms with E-state index in [9.17, 15) is 0 Å². The molecule has 2 aromatic rings. The molecule has 0 radical (unpaired) electrons. The van der Waals surface area contributed by atoms with Crippen LogP contribution < -0.4 is 0 Å². The molecular weight excluding hydrogens is 340 g/mol. The zero-order chi connectivity index (χ0) is 14.2. The van der Waals surface area contributed by atoms with E-state index in [2.05, 4.69) is 38.5 Å². The van der Waals surface area contributed by atoms with Gasteiger partial charge in [0, 0.05) is 24.2 Å². The minimum Gasteiger partial charge on any atom is -0.381 e. The van der Waals surface area contributed by atoms with E-state index in [1.54, 1.807) is 0 Å². The Kier molecular flexibility index (Phi) is 4.07. The second-order valence-electron chi connectivity index (χ2n) is 5.80. The highest BCUT2D eigenvalue weighted by Crippen LogP contribution is 2.34. The summed E-state index contributed by atoms with van der Waals surface area (Å²) in [6.45, 7) is 4.98. The summed E-state index contributed by atoms with van der Waals surface area (Å²) in [7, 11) is 0. The number of benzene rings is 1. The first-order valence-electron chi connectivity index (χ1n) is 6.90. The van der Waals surface area contributed by atoms with E-state index < -0.39 is 0 Å². The molecule has 0 saturated carbocycles. The fourth-order valence-corrected chi connectivity index (χ4v) is 3.38. The van der Waals surface area contributed by atoms with Gasteiger partial charge in [-0.1, -0.05) is 22.9 Å². The standard InChI is InChI=1S/C15H18BrClN2O/c1-15(4-6-20-7-5-15)10-19-13-8-11(16)2-3-12(13)18-14(19)9-17/h2-3,8H,4-7,9-10H2,1H3. The lowest BCUT2D eigenvalue weighted by molar-refractivity contribution is 0.0157. The molecular formula is C15H18BrClN2O. The lowest BCUT2D eigenvalue weighted by Crippen LogP contribution is -2.31. The second kappa shape index (κ2) is 5.66. The molecule has 1 aromatic heterocycles. The highest BCUT2D eigenvalue weighted by Gasteiger charge is 2.29. The Labute approximate surface area is 132 Å². The average Bonchev–Trinajstić information content (AvgIpc) is 2.77. The summed E-state index contributed by atoms with van der Waals surface area (Å²) in [5, 5.41) is 0. The third-order valence-corrected chi connectivity index (χ3v) is 4.88. The quantitative estimate of drug-likeness (QED) is 0.763. The topological polar surface area (TPSA) is 27.1 Å². The summed E-state index contributed by atoms with van der Waals surface area (Å²) in [5.74, 6) is 1.39. The van der Waals surface area contributed by atoms with E-state index >= 15 is 0 Å². The average molecular weight is 358 g/mol. The van der Waals surface area contributed by atoms with Crippen LogP contribution in [0, 0.1) is 5.41 Å². The molecule has 20 heavy (non-hydrogen) atoms. The van der Waals surface area contributed by atoms with Gasteiger partial charge in [-0.25, -0.2) is 4.98 Å². The highest BCUT2D eigenvalue weighted by molar-refractivity contribution is 9.10.